The first-order valence-electron chi connectivity index (χ1n) is 11.5. The highest BCUT2D eigenvalue weighted by Gasteiger charge is 2.16. The van der Waals surface area contributed by atoms with Crippen molar-refractivity contribution in [3.05, 3.63) is 85.5 Å². The standard InChI is InChI=1S/C29H28IN3O4/c1-17-9-10-19(3)25(11-17)32-27(34)16-37-28-23(30)13-21(14-26(28)36-5)12-22(15-31)29(35)33-24-8-6-7-18(2)20(24)4/h6-14H,16H2,1-5H3,(H,32,34)(H,33,35)/b22-12-. The SMILES string of the molecule is COc1cc(/C=C(/C#N)C(=O)Nc2cccc(C)c2C)cc(I)c1OCC(=O)Nc1cc(C)ccc1C. The molecule has 0 radical (unpaired) electrons. The van der Waals surface area contributed by atoms with E-state index in [-0.39, 0.29) is 18.1 Å². The number of benzene rings is 3. The van der Waals surface area contributed by atoms with Gasteiger partial charge in [-0.3, -0.25) is 9.59 Å². The molecule has 3 aromatic carbocycles. The van der Waals surface area contributed by atoms with Crippen molar-refractivity contribution < 1.29 is 19.1 Å². The maximum absolute atomic E-state index is 12.8. The van der Waals surface area contributed by atoms with Gasteiger partial charge < -0.3 is 20.1 Å². The van der Waals surface area contributed by atoms with Gasteiger partial charge in [-0.05, 0) is 108 Å². The van der Waals surface area contributed by atoms with Gasteiger partial charge in [0.25, 0.3) is 11.8 Å². The lowest BCUT2D eigenvalue weighted by Gasteiger charge is -2.14. The second-order valence-electron chi connectivity index (χ2n) is 8.56. The van der Waals surface area contributed by atoms with E-state index in [1.54, 1.807) is 18.2 Å². The van der Waals surface area contributed by atoms with E-state index in [0.717, 1.165) is 27.9 Å². The van der Waals surface area contributed by atoms with Gasteiger partial charge in [-0.25, -0.2) is 0 Å². The van der Waals surface area contributed by atoms with Gasteiger partial charge in [0.05, 0.1) is 10.7 Å². The van der Waals surface area contributed by atoms with Crippen LogP contribution in [-0.4, -0.2) is 25.5 Å². The Hall–Kier alpha value is -3.84. The molecule has 0 aliphatic heterocycles. The average Bonchev–Trinajstić information content (AvgIpc) is 2.86. The van der Waals surface area contributed by atoms with Crippen LogP contribution in [0.25, 0.3) is 6.08 Å². The van der Waals surface area contributed by atoms with E-state index in [1.165, 1.54) is 13.2 Å². The highest BCUT2D eigenvalue weighted by molar-refractivity contribution is 14.1. The second kappa shape index (κ2) is 12.4. The van der Waals surface area contributed by atoms with E-state index in [4.69, 9.17) is 9.47 Å². The molecule has 0 spiro atoms. The number of nitriles is 1. The van der Waals surface area contributed by atoms with Crippen LogP contribution < -0.4 is 20.1 Å². The minimum absolute atomic E-state index is 0.0553. The molecule has 0 bridgehead atoms. The Kier molecular flexibility index (Phi) is 9.31. The molecule has 0 aliphatic rings. The maximum atomic E-state index is 12.8. The van der Waals surface area contributed by atoms with Crippen molar-refractivity contribution in [2.75, 3.05) is 24.4 Å². The van der Waals surface area contributed by atoms with Crippen molar-refractivity contribution in [2.24, 2.45) is 0 Å². The predicted octanol–water partition coefficient (Wildman–Crippen LogP) is 6.10. The number of hydrogen-bond acceptors (Lipinski definition) is 5. The largest absolute Gasteiger partial charge is 0.493 e. The Morgan fingerprint density at radius 1 is 1.00 bits per heavy atom. The van der Waals surface area contributed by atoms with E-state index in [1.807, 2.05) is 64.1 Å². The van der Waals surface area contributed by atoms with Crippen molar-refractivity contribution in [1.82, 2.24) is 0 Å². The van der Waals surface area contributed by atoms with Crippen LogP contribution >= 0.6 is 22.6 Å². The number of carbonyl (C=O) groups is 2. The van der Waals surface area contributed by atoms with Crippen LogP contribution in [0.4, 0.5) is 11.4 Å². The average molecular weight is 609 g/mol. The van der Waals surface area contributed by atoms with Gasteiger partial charge >= 0.3 is 0 Å². The zero-order valence-corrected chi connectivity index (χ0v) is 23.5. The van der Waals surface area contributed by atoms with E-state index < -0.39 is 5.91 Å². The first kappa shape index (κ1) is 27.7. The molecule has 190 valence electrons. The van der Waals surface area contributed by atoms with Gasteiger partial charge in [-0.15, -0.1) is 0 Å². The van der Waals surface area contributed by atoms with Crippen LogP contribution in [0.5, 0.6) is 11.5 Å². The van der Waals surface area contributed by atoms with Crippen LogP contribution in [0.1, 0.15) is 27.8 Å². The third-order valence-electron chi connectivity index (χ3n) is 5.80. The second-order valence-corrected chi connectivity index (χ2v) is 9.72. The number of carbonyl (C=O) groups excluding carboxylic acids is 2. The minimum Gasteiger partial charge on any atom is -0.493 e. The summed E-state index contributed by atoms with van der Waals surface area (Å²) in [7, 11) is 1.49. The maximum Gasteiger partial charge on any atom is 0.266 e. The normalized spacial score (nSPS) is 10.9. The molecule has 0 aliphatic carbocycles. The summed E-state index contributed by atoms with van der Waals surface area (Å²) in [5.74, 6) is -0.0290. The number of anilines is 2. The molecule has 0 saturated carbocycles. The molecule has 0 saturated heterocycles. The Morgan fingerprint density at radius 2 is 1.76 bits per heavy atom. The fourth-order valence-electron chi connectivity index (χ4n) is 3.55. The fraction of sp³-hybridized carbons (Fsp3) is 0.207. The van der Waals surface area contributed by atoms with Gasteiger partial charge in [-0.2, -0.15) is 5.26 Å². The number of aryl methyl sites for hydroxylation is 3. The van der Waals surface area contributed by atoms with Gasteiger partial charge in [0.15, 0.2) is 18.1 Å². The molecule has 8 heteroatoms. The summed E-state index contributed by atoms with van der Waals surface area (Å²) < 4.78 is 11.9. The molecule has 7 nitrogen and oxygen atoms in total. The monoisotopic (exact) mass is 609 g/mol. The van der Waals surface area contributed by atoms with Gasteiger partial charge in [-0.1, -0.05) is 24.3 Å². The van der Waals surface area contributed by atoms with E-state index in [9.17, 15) is 14.9 Å². The first-order chi connectivity index (χ1) is 17.6. The number of nitrogens with one attached hydrogen (secondary N) is 2. The molecule has 0 atom stereocenters. The van der Waals surface area contributed by atoms with Crippen LogP contribution in [0.15, 0.2) is 54.1 Å². The zero-order chi connectivity index (χ0) is 27.1. The molecule has 2 N–H and O–H groups in total. The third kappa shape index (κ3) is 7.11. The third-order valence-corrected chi connectivity index (χ3v) is 6.60. The summed E-state index contributed by atoms with van der Waals surface area (Å²) >= 11 is 2.07. The highest BCUT2D eigenvalue weighted by atomic mass is 127. The number of methoxy groups -OCH3 is 1. The van der Waals surface area contributed by atoms with Crippen molar-refractivity contribution in [3.8, 4) is 17.6 Å². The Balaban J connectivity index is 1.77. The van der Waals surface area contributed by atoms with Crippen molar-refractivity contribution in [1.29, 1.82) is 5.26 Å². The van der Waals surface area contributed by atoms with Crippen molar-refractivity contribution in [3.63, 3.8) is 0 Å². The van der Waals surface area contributed by atoms with E-state index >= 15 is 0 Å². The number of halogens is 1. The lowest BCUT2D eigenvalue weighted by molar-refractivity contribution is -0.118. The van der Waals surface area contributed by atoms with Crippen molar-refractivity contribution in [2.45, 2.75) is 27.7 Å². The molecule has 2 amide bonds. The van der Waals surface area contributed by atoms with Crippen LogP contribution in [-0.2, 0) is 9.59 Å². The molecular formula is C29H28IN3O4. The lowest BCUT2D eigenvalue weighted by Crippen LogP contribution is -2.21. The molecule has 3 rings (SSSR count). The zero-order valence-electron chi connectivity index (χ0n) is 21.4. The smallest absolute Gasteiger partial charge is 0.266 e. The number of rotatable bonds is 8. The van der Waals surface area contributed by atoms with Crippen LogP contribution in [0.3, 0.4) is 0 Å². The molecule has 0 unspecified atom stereocenters. The summed E-state index contributed by atoms with van der Waals surface area (Å²) in [5, 5.41) is 15.3. The number of amides is 2. The summed E-state index contributed by atoms with van der Waals surface area (Å²) in [4.78, 5) is 25.3. The highest BCUT2D eigenvalue weighted by Crippen LogP contribution is 2.35. The van der Waals surface area contributed by atoms with E-state index in [0.29, 0.717) is 26.3 Å². The molecule has 3 aromatic rings. The minimum atomic E-state index is -0.506. The number of hydrogen-bond donors (Lipinski definition) is 2. The fourth-order valence-corrected chi connectivity index (χ4v) is 4.33. The Bertz CT molecular complexity index is 1420. The van der Waals surface area contributed by atoms with Gasteiger partial charge in [0.2, 0.25) is 0 Å². The summed E-state index contributed by atoms with van der Waals surface area (Å²) in [6.45, 7) is 7.54. The van der Waals surface area contributed by atoms with Crippen LogP contribution in [0, 0.1) is 42.6 Å². The predicted molar refractivity (Wildman–Crippen MR) is 154 cm³/mol. The summed E-state index contributed by atoms with van der Waals surface area (Å²) in [6, 6.07) is 16.8. The van der Waals surface area contributed by atoms with Gasteiger partial charge in [0, 0.05) is 11.4 Å². The molecule has 37 heavy (non-hydrogen) atoms. The Morgan fingerprint density at radius 3 is 2.46 bits per heavy atom. The molecule has 0 heterocycles. The molecular weight excluding hydrogens is 581 g/mol. The van der Waals surface area contributed by atoms with E-state index in [2.05, 4.69) is 33.2 Å². The lowest BCUT2D eigenvalue weighted by atomic mass is 10.1. The van der Waals surface area contributed by atoms with Crippen LogP contribution in [0.2, 0.25) is 0 Å². The topological polar surface area (TPSA) is 100 Å². The van der Waals surface area contributed by atoms with Crippen molar-refractivity contribution >= 4 is 51.9 Å². The Labute approximate surface area is 230 Å². The first-order valence-corrected chi connectivity index (χ1v) is 12.6. The quantitative estimate of drug-likeness (QED) is 0.183. The summed E-state index contributed by atoms with van der Waals surface area (Å²) in [5.41, 5.74) is 5.89. The summed E-state index contributed by atoms with van der Waals surface area (Å²) in [6.07, 6.45) is 1.49. The van der Waals surface area contributed by atoms with Gasteiger partial charge in [0.1, 0.15) is 11.6 Å². The molecule has 0 fully saturated rings. The molecule has 0 aromatic heterocycles. The number of ether oxygens (including phenoxy) is 2. The number of nitrogens with zero attached hydrogens (tertiary/aromatic N) is 1.